The third-order valence-electron chi connectivity index (χ3n) is 3.70. The van der Waals surface area contributed by atoms with Crippen molar-refractivity contribution in [2.75, 3.05) is 13.1 Å². The van der Waals surface area contributed by atoms with E-state index in [0.29, 0.717) is 30.7 Å². The van der Waals surface area contributed by atoms with Crippen LogP contribution in [0.4, 0.5) is 0 Å². The summed E-state index contributed by atoms with van der Waals surface area (Å²) >= 11 is 0. The molecule has 0 radical (unpaired) electrons. The Bertz CT molecular complexity index is 490. The lowest BCUT2D eigenvalue weighted by Gasteiger charge is -2.12. The lowest BCUT2D eigenvalue weighted by atomic mass is 10.1. The lowest BCUT2D eigenvalue weighted by molar-refractivity contribution is 0.0955. The number of carbonyl (C=O) groups is 1. The predicted molar refractivity (Wildman–Crippen MR) is 85.4 cm³/mol. The smallest absolute Gasteiger partial charge is 0.251 e. The summed E-state index contributed by atoms with van der Waals surface area (Å²) in [6.07, 6.45) is 4.86. The van der Waals surface area contributed by atoms with Crippen LogP contribution in [0.25, 0.3) is 0 Å². The van der Waals surface area contributed by atoms with Gasteiger partial charge in [0.25, 0.3) is 5.91 Å². The first-order chi connectivity index (χ1) is 10.1. The molecule has 1 fully saturated rings. The molecule has 0 heterocycles. The first-order valence-electron chi connectivity index (χ1n) is 7.56. The second kappa shape index (κ2) is 7.67. The highest BCUT2D eigenvalue weighted by atomic mass is 16.1. The molecule has 0 aliphatic heterocycles. The van der Waals surface area contributed by atoms with Crippen LogP contribution in [0.5, 0.6) is 0 Å². The molecular formula is C16H24N4O. The molecule has 0 aromatic heterocycles. The van der Waals surface area contributed by atoms with Crippen LogP contribution >= 0.6 is 0 Å². The van der Waals surface area contributed by atoms with Gasteiger partial charge in [-0.15, -0.1) is 0 Å². The van der Waals surface area contributed by atoms with E-state index in [1.165, 1.54) is 25.7 Å². The summed E-state index contributed by atoms with van der Waals surface area (Å²) in [5.41, 5.74) is 7.63. The van der Waals surface area contributed by atoms with Crippen LogP contribution in [0.2, 0.25) is 0 Å². The number of aliphatic imine (C=N–C) groups is 1. The van der Waals surface area contributed by atoms with Gasteiger partial charge in [0, 0.05) is 18.2 Å². The Labute approximate surface area is 126 Å². The highest BCUT2D eigenvalue weighted by molar-refractivity contribution is 5.94. The zero-order chi connectivity index (χ0) is 15.1. The number of benzene rings is 1. The summed E-state index contributed by atoms with van der Waals surface area (Å²) in [5, 5.41) is 6.06. The number of amides is 1. The Morgan fingerprint density at radius 3 is 2.62 bits per heavy atom. The quantitative estimate of drug-likeness (QED) is 0.437. The molecule has 1 saturated carbocycles. The Morgan fingerprint density at radius 1 is 1.29 bits per heavy atom. The van der Waals surface area contributed by atoms with Gasteiger partial charge in [0.1, 0.15) is 0 Å². The first kappa shape index (κ1) is 15.4. The van der Waals surface area contributed by atoms with Gasteiger partial charge in [0.2, 0.25) is 0 Å². The van der Waals surface area contributed by atoms with Crippen molar-refractivity contribution in [3.05, 3.63) is 35.4 Å². The van der Waals surface area contributed by atoms with Gasteiger partial charge in [0.05, 0.1) is 6.54 Å². The average Bonchev–Trinajstić information content (AvgIpc) is 2.97. The van der Waals surface area contributed by atoms with Crippen LogP contribution in [-0.2, 0) is 0 Å². The van der Waals surface area contributed by atoms with E-state index in [0.717, 1.165) is 5.56 Å². The molecular weight excluding hydrogens is 264 g/mol. The van der Waals surface area contributed by atoms with E-state index < -0.39 is 0 Å². The van der Waals surface area contributed by atoms with Crippen molar-refractivity contribution in [3.8, 4) is 0 Å². The third kappa shape index (κ3) is 5.10. The van der Waals surface area contributed by atoms with E-state index in [-0.39, 0.29) is 5.91 Å². The maximum Gasteiger partial charge on any atom is 0.251 e. The van der Waals surface area contributed by atoms with E-state index in [1.54, 1.807) is 0 Å². The predicted octanol–water partition coefficient (Wildman–Crippen LogP) is 1.57. The van der Waals surface area contributed by atoms with Gasteiger partial charge in [-0.05, 0) is 31.9 Å². The standard InChI is InChI=1S/C16H24N4O/c1-12-6-8-13(9-7-12)15(21)18-10-11-19-16(17)20-14-4-2-3-5-14/h6-9,14H,2-5,10-11H2,1H3,(H,18,21)(H3,17,19,20). The van der Waals surface area contributed by atoms with E-state index in [9.17, 15) is 4.79 Å². The van der Waals surface area contributed by atoms with Gasteiger partial charge in [0.15, 0.2) is 5.96 Å². The molecule has 1 aliphatic rings. The van der Waals surface area contributed by atoms with Crippen molar-refractivity contribution >= 4 is 11.9 Å². The van der Waals surface area contributed by atoms with Crippen molar-refractivity contribution in [1.82, 2.24) is 10.6 Å². The molecule has 1 aliphatic carbocycles. The number of carbonyl (C=O) groups excluding carboxylic acids is 1. The molecule has 5 nitrogen and oxygen atoms in total. The number of guanidine groups is 1. The average molecular weight is 288 g/mol. The number of hydrogen-bond donors (Lipinski definition) is 3. The lowest BCUT2D eigenvalue weighted by Crippen LogP contribution is -2.39. The van der Waals surface area contributed by atoms with Crippen molar-refractivity contribution in [3.63, 3.8) is 0 Å². The van der Waals surface area contributed by atoms with Crippen molar-refractivity contribution < 1.29 is 4.79 Å². The summed E-state index contributed by atoms with van der Waals surface area (Å²) in [6.45, 7) is 2.97. The number of rotatable bonds is 5. The fraction of sp³-hybridized carbons (Fsp3) is 0.500. The van der Waals surface area contributed by atoms with Crippen LogP contribution in [0.3, 0.4) is 0 Å². The molecule has 21 heavy (non-hydrogen) atoms. The first-order valence-corrected chi connectivity index (χ1v) is 7.56. The minimum absolute atomic E-state index is 0.0764. The summed E-state index contributed by atoms with van der Waals surface area (Å²) in [6, 6.07) is 7.97. The monoisotopic (exact) mass is 288 g/mol. The van der Waals surface area contributed by atoms with E-state index >= 15 is 0 Å². The highest BCUT2D eigenvalue weighted by Gasteiger charge is 2.14. The number of nitrogens with two attached hydrogens (primary N) is 1. The Morgan fingerprint density at radius 2 is 1.95 bits per heavy atom. The summed E-state index contributed by atoms with van der Waals surface area (Å²) in [5.74, 6) is 0.402. The Hall–Kier alpha value is -2.04. The topological polar surface area (TPSA) is 79.5 Å². The Balaban J connectivity index is 1.68. The number of hydrogen-bond acceptors (Lipinski definition) is 2. The van der Waals surface area contributed by atoms with Gasteiger partial charge >= 0.3 is 0 Å². The molecule has 1 aromatic rings. The number of nitrogens with one attached hydrogen (secondary N) is 2. The fourth-order valence-corrected chi connectivity index (χ4v) is 2.48. The SMILES string of the molecule is Cc1ccc(C(=O)NCCN=C(N)NC2CCCC2)cc1. The van der Waals surface area contributed by atoms with Crippen molar-refractivity contribution in [1.29, 1.82) is 0 Å². The molecule has 4 N–H and O–H groups in total. The molecule has 114 valence electrons. The normalized spacial score (nSPS) is 16.0. The minimum atomic E-state index is -0.0764. The molecule has 2 rings (SSSR count). The molecule has 0 atom stereocenters. The molecule has 5 heteroatoms. The number of nitrogens with zero attached hydrogens (tertiary/aromatic N) is 1. The van der Waals surface area contributed by atoms with Crippen molar-refractivity contribution in [2.24, 2.45) is 10.7 Å². The zero-order valence-corrected chi connectivity index (χ0v) is 12.6. The second-order valence-corrected chi connectivity index (χ2v) is 5.51. The van der Waals surface area contributed by atoms with Gasteiger partial charge in [-0.2, -0.15) is 0 Å². The fourth-order valence-electron chi connectivity index (χ4n) is 2.48. The van der Waals surface area contributed by atoms with Crippen LogP contribution in [0, 0.1) is 6.92 Å². The van der Waals surface area contributed by atoms with Gasteiger partial charge in [-0.3, -0.25) is 9.79 Å². The summed E-state index contributed by atoms with van der Waals surface area (Å²) in [4.78, 5) is 16.1. The molecule has 1 amide bonds. The largest absolute Gasteiger partial charge is 0.370 e. The van der Waals surface area contributed by atoms with Crippen LogP contribution in [0.1, 0.15) is 41.6 Å². The van der Waals surface area contributed by atoms with Gasteiger partial charge in [-0.25, -0.2) is 0 Å². The van der Waals surface area contributed by atoms with Crippen LogP contribution in [-0.4, -0.2) is 31.0 Å². The maximum absolute atomic E-state index is 11.9. The maximum atomic E-state index is 11.9. The third-order valence-corrected chi connectivity index (χ3v) is 3.70. The molecule has 1 aromatic carbocycles. The molecule has 0 spiro atoms. The minimum Gasteiger partial charge on any atom is -0.370 e. The van der Waals surface area contributed by atoms with Gasteiger partial charge in [-0.1, -0.05) is 30.5 Å². The molecule has 0 bridgehead atoms. The van der Waals surface area contributed by atoms with E-state index in [1.807, 2.05) is 31.2 Å². The zero-order valence-electron chi connectivity index (χ0n) is 12.6. The number of aryl methyl sites for hydroxylation is 1. The molecule has 0 unspecified atom stereocenters. The van der Waals surface area contributed by atoms with E-state index in [2.05, 4.69) is 15.6 Å². The highest BCUT2D eigenvalue weighted by Crippen LogP contribution is 2.17. The summed E-state index contributed by atoms with van der Waals surface area (Å²) in [7, 11) is 0. The Kier molecular flexibility index (Phi) is 5.60. The van der Waals surface area contributed by atoms with Crippen LogP contribution < -0.4 is 16.4 Å². The summed E-state index contributed by atoms with van der Waals surface area (Å²) < 4.78 is 0. The van der Waals surface area contributed by atoms with Crippen molar-refractivity contribution in [2.45, 2.75) is 38.6 Å². The van der Waals surface area contributed by atoms with E-state index in [4.69, 9.17) is 5.73 Å². The van der Waals surface area contributed by atoms with Crippen LogP contribution in [0.15, 0.2) is 29.3 Å². The van der Waals surface area contributed by atoms with Gasteiger partial charge < -0.3 is 16.4 Å². The second-order valence-electron chi connectivity index (χ2n) is 5.51. The molecule has 0 saturated heterocycles.